The summed E-state index contributed by atoms with van der Waals surface area (Å²) >= 11 is 0. The second-order valence-corrected chi connectivity index (χ2v) is 14.6. The van der Waals surface area contributed by atoms with Crippen molar-refractivity contribution < 1.29 is 4.42 Å². The Morgan fingerprint density at radius 1 is 0.404 bits per heavy atom. The van der Waals surface area contributed by atoms with E-state index >= 15 is 0 Å². The average Bonchev–Trinajstić information content (AvgIpc) is 3.57. The van der Waals surface area contributed by atoms with Crippen molar-refractivity contribution in [2.75, 3.05) is 4.90 Å². The van der Waals surface area contributed by atoms with E-state index in [4.69, 9.17) is 4.42 Å². The molecule has 0 amide bonds. The molecule has 250 valence electrons. The Morgan fingerprint density at radius 2 is 0.962 bits per heavy atom. The number of fused-ring (bicyclic) bond motifs is 4. The van der Waals surface area contributed by atoms with Gasteiger partial charge in [-0.1, -0.05) is 160 Å². The van der Waals surface area contributed by atoms with Crippen LogP contribution in [-0.2, 0) is 5.41 Å². The van der Waals surface area contributed by atoms with Gasteiger partial charge in [0.1, 0.15) is 11.2 Å². The van der Waals surface area contributed by atoms with Gasteiger partial charge in [0.05, 0.1) is 0 Å². The van der Waals surface area contributed by atoms with E-state index in [1.54, 1.807) is 0 Å². The lowest BCUT2D eigenvalue weighted by Gasteiger charge is -2.26. The van der Waals surface area contributed by atoms with Crippen LogP contribution in [0.4, 0.5) is 17.1 Å². The van der Waals surface area contributed by atoms with Crippen LogP contribution >= 0.6 is 0 Å². The van der Waals surface area contributed by atoms with Crippen LogP contribution in [0.25, 0.3) is 66.1 Å². The number of hydrogen-bond donors (Lipinski definition) is 0. The zero-order valence-corrected chi connectivity index (χ0v) is 29.7. The maximum absolute atomic E-state index is 6.40. The summed E-state index contributed by atoms with van der Waals surface area (Å²) in [5, 5.41) is 4.77. The summed E-state index contributed by atoms with van der Waals surface area (Å²) in [5.41, 5.74) is 13.6. The molecule has 0 aliphatic heterocycles. The number of benzene rings is 8. The molecule has 0 N–H and O–H groups in total. The standard InChI is InChI=1S/C50H39NO/c1-50(2,3)39-27-21-34(22-28-39)35-23-29-40(30-24-35)51(42-14-8-13-38(33-42)44-17-9-12-36-11-4-5-15-43(36)44)41-31-25-37(26-32-41)45-18-10-19-47-46-16-6-7-20-48(46)52-49(45)47/h4-33H,1-3H3. The molecule has 0 radical (unpaired) electrons. The van der Waals surface area contributed by atoms with Gasteiger partial charge in [-0.3, -0.25) is 0 Å². The van der Waals surface area contributed by atoms with E-state index in [0.29, 0.717) is 0 Å². The molecule has 0 fully saturated rings. The first-order valence-corrected chi connectivity index (χ1v) is 18.0. The second-order valence-electron chi connectivity index (χ2n) is 14.6. The molecule has 0 unspecified atom stereocenters. The molecule has 2 heteroatoms. The SMILES string of the molecule is CC(C)(C)c1ccc(-c2ccc(N(c3ccc(-c4cccc5c4oc4ccccc45)cc3)c3cccc(-c4cccc5ccccc45)c3)cc2)cc1. The third kappa shape index (κ3) is 5.73. The van der Waals surface area contributed by atoms with Crippen LogP contribution in [-0.4, -0.2) is 0 Å². The summed E-state index contributed by atoms with van der Waals surface area (Å²) < 4.78 is 6.40. The second kappa shape index (κ2) is 12.7. The average molecular weight is 670 g/mol. The minimum atomic E-state index is 0.123. The monoisotopic (exact) mass is 669 g/mol. The normalized spacial score (nSPS) is 11.8. The van der Waals surface area contributed by atoms with Crippen molar-refractivity contribution in [2.45, 2.75) is 26.2 Å². The van der Waals surface area contributed by atoms with Crippen molar-refractivity contribution in [3.8, 4) is 33.4 Å². The first-order chi connectivity index (χ1) is 25.4. The van der Waals surface area contributed by atoms with Gasteiger partial charge < -0.3 is 9.32 Å². The molecule has 9 rings (SSSR count). The molecule has 1 heterocycles. The predicted octanol–water partition coefficient (Wildman–Crippen LogP) is 14.5. The van der Waals surface area contributed by atoms with E-state index in [9.17, 15) is 0 Å². The van der Waals surface area contributed by atoms with Gasteiger partial charge in [0.15, 0.2) is 0 Å². The Hall–Kier alpha value is -6.38. The van der Waals surface area contributed by atoms with Crippen LogP contribution in [0.15, 0.2) is 186 Å². The molecule has 9 aromatic rings. The Bertz CT molecular complexity index is 2690. The van der Waals surface area contributed by atoms with Gasteiger partial charge in [-0.05, 0) is 92.0 Å². The van der Waals surface area contributed by atoms with E-state index < -0.39 is 0 Å². The molecule has 52 heavy (non-hydrogen) atoms. The number of anilines is 3. The largest absolute Gasteiger partial charge is 0.455 e. The molecule has 0 aliphatic carbocycles. The molecule has 0 aliphatic rings. The number of rotatable bonds is 6. The van der Waals surface area contributed by atoms with Crippen LogP contribution in [0, 0.1) is 0 Å². The summed E-state index contributed by atoms with van der Waals surface area (Å²) in [4.78, 5) is 2.35. The van der Waals surface area contributed by atoms with Gasteiger partial charge in [0, 0.05) is 33.4 Å². The fraction of sp³-hybridized carbons (Fsp3) is 0.0800. The van der Waals surface area contributed by atoms with Crippen LogP contribution in [0.3, 0.4) is 0 Å². The Balaban J connectivity index is 1.13. The highest BCUT2D eigenvalue weighted by Crippen LogP contribution is 2.41. The first kappa shape index (κ1) is 31.6. The summed E-state index contributed by atoms with van der Waals surface area (Å²) in [7, 11) is 0. The maximum atomic E-state index is 6.40. The van der Waals surface area contributed by atoms with Crippen LogP contribution < -0.4 is 4.90 Å². The third-order valence-electron chi connectivity index (χ3n) is 10.3. The number of hydrogen-bond acceptors (Lipinski definition) is 2. The highest BCUT2D eigenvalue weighted by Gasteiger charge is 2.17. The van der Waals surface area contributed by atoms with Gasteiger partial charge in [0.25, 0.3) is 0 Å². The minimum Gasteiger partial charge on any atom is -0.455 e. The van der Waals surface area contributed by atoms with Gasteiger partial charge in [0.2, 0.25) is 0 Å². The number of para-hydroxylation sites is 2. The highest BCUT2D eigenvalue weighted by atomic mass is 16.3. The van der Waals surface area contributed by atoms with Crippen LogP contribution in [0.5, 0.6) is 0 Å². The molecule has 2 nitrogen and oxygen atoms in total. The first-order valence-electron chi connectivity index (χ1n) is 18.0. The summed E-state index contributed by atoms with van der Waals surface area (Å²) in [6.45, 7) is 6.77. The summed E-state index contributed by atoms with van der Waals surface area (Å²) in [6, 6.07) is 65.5. The van der Waals surface area contributed by atoms with E-state index in [1.807, 2.05) is 12.1 Å². The van der Waals surface area contributed by atoms with Crippen molar-refractivity contribution >= 4 is 49.8 Å². The molecule has 0 saturated heterocycles. The molecule has 8 aromatic carbocycles. The fourth-order valence-electron chi connectivity index (χ4n) is 7.47. The summed E-state index contributed by atoms with van der Waals surface area (Å²) in [6.07, 6.45) is 0. The molecule has 0 spiro atoms. The topological polar surface area (TPSA) is 16.4 Å². The lowest BCUT2D eigenvalue weighted by molar-refractivity contribution is 0.590. The van der Waals surface area contributed by atoms with Crippen molar-refractivity contribution in [1.29, 1.82) is 0 Å². The van der Waals surface area contributed by atoms with Crippen molar-refractivity contribution in [3.63, 3.8) is 0 Å². The smallest absolute Gasteiger partial charge is 0.143 e. The number of nitrogens with zero attached hydrogens (tertiary/aromatic N) is 1. The Morgan fingerprint density at radius 3 is 1.69 bits per heavy atom. The quantitative estimate of drug-likeness (QED) is 0.175. The van der Waals surface area contributed by atoms with Crippen molar-refractivity contribution in [2.24, 2.45) is 0 Å². The lowest BCUT2D eigenvalue weighted by Crippen LogP contribution is -2.10. The van der Waals surface area contributed by atoms with Crippen molar-refractivity contribution in [1.82, 2.24) is 0 Å². The Kier molecular flexibility index (Phi) is 7.74. The van der Waals surface area contributed by atoms with E-state index in [1.165, 1.54) is 38.6 Å². The van der Waals surface area contributed by atoms with E-state index in [0.717, 1.165) is 50.1 Å². The highest BCUT2D eigenvalue weighted by molar-refractivity contribution is 6.09. The van der Waals surface area contributed by atoms with Gasteiger partial charge in [-0.25, -0.2) is 0 Å². The zero-order chi connectivity index (χ0) is 35.2. The van der Waals surface area contributed by atoms with E-state index in [2.05, 4.69) is 196 Å². The maximum Gasteiger partial charge on any atom is 0.143 e. The van der Waals surface area contributed by atoms with Gasteiger partial charge in [-0.15, -0.1) is 0 Å². The Labute approximate surface area is 305 Å². The molecule has 1 aromatic heterocycles. The lowest BCUT2D eigenvalue weighted by atomic mass is 9.86. The van der Waals surface area contributed by atoms with Crippen LogP contribution in [0.1, 0.15) is 26.3 Å². The fourth-order valence-corrected chi connectivity index (χ4v) is 7.47. The third-order valence-corrected chi connectivity index (χ3v) is 10.3. The zero-order valence-electron chi connectivity index (χ0n) is 29.7. The van der Waals surface area contributed by atoms with Gasteiger partial charge >= 0.3 is 0 Å². The molecular formula is C50H39NO. The number of furan rings is 1. The predicted molar refractivity (Wildman–Crippen MR) is 221 cm³/mol. The molecule has 0 bridgehead atoms. The van der Waals surface area contributed by atoms with Crippen molar-refractivity contribution in [3.05, 3.63) is 188 Å². The van der Waals surface area contributed by atoms with E-state index in [-0.39, 0.29) is 5.41 Å². The minimum absolute atomic E-state index is 0.123. The summed E-state index contributed by atoms with van der Waals surface area (Å²) in [5.74, 6) is 0. The molecule has 0 saturated carbocycles. The molecule has 0 atom stereocenters. The van der Waals surface area contributed by atoms with Gasteiger partial charge in [-0.2, -0.15) is 0 Å². The molecular weight excluding hydrogens is 631 g/mol. The van der Waals surface area contributed by atoms with Crippen LogP contribution in [0.2, 0.25) is 0 Å².